The van der Waals surface area contributed by atoms with E-state index in [0.29, 0.717) is 46.6 Å². The van der Waals surface area contributed by atoms with E-state index in [1.165, 1.54) is 12.1 Å². The van der Waals surface area contributed by atoms with Gasteiger partial charge in [0.15, 0.2) is 0 Å². The van der Waals surface area contributed by atoms with Gasteiger partial charge in [-0.25, -0.2) is 9.18 Å². The summed E-state index contributed by atoms with van der Waals surface area (Å²) in [5.41, 5.74) is 4.30. The molecule has 228 valence electrons. The van der Waals surface area contributed by atoms with Crippen LogP contribution >= 0.6 is 0 Å². The Morgan fingerprint density at radius 2 is 1.68 bits per heavy atom. The first kappa shape index (κ1) is 30.9. The van der Waals surface area contributed by atoms with Gasteiger partial charge in [0.1, 0.15) is 11.6 Å². The summed E-state index contributed by atoms with van der Waals surface area (Å²) >= 11 is 0. The van der Waals surface area contributed by atoms with Crippen molar-refractivity contribution in [1.82, 2.24) is 19.4 Å². The minimum absolute atomic E-state index is 0.0160. The van der Waals surface area contributed by atoms with Crippen molar-refractivity contribution >= 4 is 28.7 Å². The molecule has 44 heavy (non-hydrogen) atoms. The van der Waals surface area contributed by atoms with Crippen molar-refractivity contribution in [2.24, 2.45) is 0 Å². The maximum atomic E-state index is 16.3. The fraction of sp³-hybridized carbons (Fsp3) is 0.333. The molecule has 0 N–H and O–H groups in total. The van der Waals surface area contributed by atoms with Crippen LogP contribution < -0.4 is 10.6 Å². The fourth-order valence-electron chi connectivity index (χ4n) is 6.44. The first-order valence-corrected chi connectivity index (χ1v) is 15.1. The molecule has 1 amide bonds. The van der Waals surface area contributed by atoms with Crippen LogP contribution in [0.3, 0.4) is 0 Å². The van der Waals surface area contributed by atoms with E-state index in [-0.39, 0.29) is 29.8 Å². The van der Waals surface area contributed by atoms with E-state index in [2.05, 4.69) is 32.0 Å². The van der Waals surface area contributed by atoms with Gasteiger partial charge in [-0.2, -0.15) is 4.98 Å². The summed E-state index contributed by atoms with van der Waals surface area (Å²) in [4.78, 5) is 40.0. The number of halogens is 1. The van der Waals surface area contributed by atoms with Crippen molar-refractivity contribution in [2.45, 2.75) is 65.5 Å². The number of hydrogen-bond donors (Lipinski definition) is 0. The molecule has 2 aromatic carbocycles. The topological polar surface area (TPSA) is 71.3 Å². The molecule has 4 aromatic rings. The molecule has 0 saturated carbocycles. The van der Waals surface area contributed by atoms with Gasteiger partial charge in [-0.1, -0.05) is 71.2 Å². The Balaban J connectivity index is 1.88. The third-order valence-electron chi connectivity index (χ3n) is 8.46. The number of pyridine rings is 1. The Kier molecular flexibility index (Phi) is 8.55. The van der Waals surface area contributed by atoms with Crippen LogP contribution in [0.4, 0.5) is 10.2 Å². The Morgan fingerprint density at radius 1 is 1.00 bits per heavy atom. The van der Waals surface area contributed by atoms with Crippen molar-refractivity contribution in [3.05, 3.63) is 101 Å². The zero-order valence-electron chi connectivity index (χ0n) is 26.3. The zero-order chi connectivity index (χ0) is 31.9. The second kappa shape index (κ2) is 12.2. The van der Waals surface area contributed by atoms with Gasteiger partial charge in [0.05, 0.1) is 16.9 Å². The van der Waals surface area contributed by atoms with E-state index in [9.17, 15) is 9.59 Å². The summed E-state index contributed by atoms with van der Waals surface area (Å²) in [6, 6.07) is 12.3. The third kappa shape index (κ3) is 5.34. The number of nitrogens with zero attached hydrogens (tertiary/aromatic N) is 5. The molecule has 1 fully saturated rings. The molecule has 0 bridgehead atoms. The van der Waals surface area contributed by atoms with Gasteiger partial charge in [-0.05, 0) is 66.6 Å². The predicted octanol–water partition coefficient (Wildman–Crippen LogP) is 7.09. The lowest BCUT2D eigenvalue weighted by atomic mass is 9.95. The molecular weight excluding hydrogens is 553 g/mol. The molecule has 7 nitrogen and oxygen atoms in total. The summed E-state index contributed by atoms with van der Waals surface area (Å²) in [6.07, 6.45) is 4.79. The largest absolute Gasteiger partial charge is 0.354 e. The number of carbonyl (C=O) groups is 1. The second-order valence-corrected chi connectivity index (χ2v) is 12.2. The molecule has 8 heteroatoms. The van der Waals surface area contributed by atoms with Gasteiger partial charge < -0.3 is 9.80 Å². The minimum atomic E-state index is -0.470. The molecule has 2 aromatic heterocycles. The van der Waals surface area contributed by atoms with Gasteiger partial charge in [0.25, 0.3) is 0 Å². The summed E-state index contributed by atoms with van der Waals surface area (Å²) in [7, 11) is 0. The quantitative estimate of drug-likeness (QED) is 0.214. The Bertz CT molecular complexity index is 1790. The summed E-state index contributed by atoms with van der Waals surface area (Å²) in [6.45, 7) is 20.6. The number of aromatic nitrogens is 3. The summed E-state index contributed by atoms with van der Waals surface area (Å²) in [5.74, 6) is -0.0749. The highest BCUT2D eigenvalue weighted by Crippen LogP contribution is 2.38. The lowest BCUT2D eigenvalue weighted by Crippen LogP contribution is -2.58. The number of rotatable bonds is 7. The maximum Gasteiger partial charge on any atom is 0.354 e. The average molecular weight is 594 g/mol. The third-order valence-corrected chi connectivity index (χ3v) is 8.46. The van der Waals surface area contributed by atoms with Crippen LogP contribution in [0, 0.1) is 5.82 Å². The Morgan fingerprint density at radius 3 is 2.30 bits per heavy atom. The fourth-order valence-corrected chi connectivity index (χ4v) is 6.44. The molecular formula is C36H40FN5O2. The molecule has 1 aliphatic heterocycles. The summed E-state index contributed by atoms with van der Waals surface area (Å²) < 4.78 is 17.9. The first-order valence-electron chi connectivity index (χ1n) is 15.1. The number of amides is 1. The van der Waals surface area contributed by atoms with Gasteiger partial charge in [0, 0.05) is 42.3 Å². The normalized spacial score (nSPS) is 17.0. The number of benzene rings is 2. The number of hydrogen-bond acceptors (Lipinski definition) is 5. The molecule has 5 rings (SSSR count). The second-order valence-electron chi connectivity index (χ2n) is 12.2. The SMILES string of the molecule is C=CC(=O)N1C[C@H](C)N(c2nc(=O)n(-c3c(C(C)C)ccnc3C(C)C)c3cc(-c4ccccc4C=C)c(F)cc23)[C@@H](C)C1. The molecule has 0 unspecified atom stereocenters. The predicted molar refractivity (Wildman–Crippen MR) is 177 cm³/mol. The lowest BCUT2D eigenvalue weighted by molar-refractivity contribution is -0.127. The van der Waals surface area contributed by atoms with Crippen LogP contribution in [0.2, 0.25) is 0 Å². The van der Waals surface area contributed by atoms with Crippen molar-refractivity contribution in [3.63, 3.8) is 0 Å². The van der Waals surface area contributed by atoms with Gasteiger partial charge in [-0.3, -0.25) is 14.3 Å². The van der Waals surface area contributed by atoms with Crippen molar-refractivity contribution < 1.29 is 9.18 Å². The number of anilines is 1. The Hall–Kier alpha value is -4.59. The monoisotopic (exact) mass is 593 g/mol. The number of piperazine rings is 1. The lowest BCUT2D eigenvalue weighted by Gasteiger charge is -2.45. The van der Waals surface area contributed by atoms with E-state index < -0.39 is 11.5 Å². The molecule has 0 aliphatic carbocycles. The van der Waals surface area contributed by atoms with Gasteiger partial charge in [-0.15, -0.1) is 0 Å². The van der Waals surface area contributed by atoms with Crippen LogP contribution in [0.25, 0.3) is 33.8 Å². The zero-order valence-corrected chi connectivity index (χ0v) is 26.3. The van der Waals surface area contributed by atoms with E-state index in [4.69, 9.17) is 4.98 Å². The number of fused-ring (bicyclic) bond motifs is 1. The summed E-state index contributed by atoms with van der Waals surface area (Å²) in [5, 5.41) is 0.511. The highest BCUT2D eigenvalue weighted by atomic mass is 19.1. The highest BCUT2D eigenvalue weighted by molar-refractivity contribution is 5.95. The van der Waals surface area contributed by atoms with Crippen molar-refractivity contribution in [3.8, 4) is 16.8 Å². The van der Waals surface area contributed by atoms with Crippen LogP contribution in [-0.4, -0.2) is 50.5 Å². The van der Waals surface area contributed by atoms with E-state index >= 15 is 4.39 Å². The smallest absolute Gasteiger partial charge is 0.347 e. The van der Waals surface area contributed by atoms with E-state index in [1.807, 2.05) is 62.9 Å². The van der Waals surface area contributed by atoms with E-state index in [1.54, 1.807) is 27.8 Å². The van der Waals surface area contributed by atoms with Crippen LogP contribution in [0.15, 0.2) is 72.7 Å². The van der Waals surface area contributed by atoms with Gasteiger partial charge in [0.2, 0.25) is 5.91 Å². The van der Waals surface area contributed by atoms with Crippen LogP contribution in [0.1, 0.15) is 70.2 Å². The minimum Gasteiger partial charge on any atom is -0.347 e. The molecule has 2 atom stereocenters. The average Bonchev–Trinajstić information content (AvgIpc) is 2.99. The molecule has 1 aliphatic rings. The molecule has 0 radical (unpaired) electrons. The van der Waals surface area contributed by atoms with E-state index in [0.717, 1.165) is 16.8 Å². The number of carbonyl (C=O) groups excluding carboxylic acids is 1. The highest BCUT2D eigenvalue weighted by Gasteiger charge is 2.34. The van der Waals surface area contributed by atoms with Crippen LogP contribution in [-0.2, 0) is 4.79 Å². The maximum absolute atomic E-state index is 16.3. The Labute approximate surface area is 258 Å². The van der Waals surface area contributed by atoms with Crippen LogP contribution in [0.5, 0.6) is 0 Å². The molecule has 3 heterocycles. The first-order chi connectivity index (χ1) is 21.0. The van der Waals surface area contributed by atoms with Gasteiger partial charge >= 0.3 is 5.69 Å². The molecule has 0 spiro atoms. The van der Waals surface area contributed by atoms with Crippen molar-refractivity contribution in [2.75, 3.05) is 18.0 Å². The molecule has 1 saturated heterocycles. The standard InChI is InChI=1S/C36H40FN5O2/c1-9-25-13-11-12-14-27(25)28-18-31-29(17-30(28)37)35(41-23(7)19-40(20-24(41)8)32(43)10-2)39-36(44)42(31)34-26(21(3)4)15-16-38-33(34)22(5)6/h9-18,21-24H,1-2,19-20H2,3-8H3/t23-,24-/m0/s1. The van der Waals surface area contributed by atoms with Crippen molar-refractivity contribution in [1.29, 1.82) is 0 Å².